The molecule has 1 aliphatic heterocycles. The molecular weight excluding hydrogens is 394 g/mol. The Morgan fingerprint density at radius 2 is 1.77 bits per heavy atom. The molecule has 7 heteroatoms. The number of ketones is 1. The molecule has 4 rings (SSSR count). The van der Waals surface area contributed by atoms with Gasteiger partial charge in [0.25, 0.3) is 0 Å². The number of amides is 1. The SMILES string of the molecule is Cc1nn(-c2ccccc2)c(C)c1C(=O)OCC(=O)c1cccc(N2CCCC2=O)c1. The summed E-state index contributed by atoms with van der Waals surface area (Å²) in [6.07, 6.45) is 1.33. The van der Waals surface area contributed by atoms with Crippen LogP contribution in [-0.2, 0) is 9.53 Å². The molecule has 1 amide bonds. The first-order valence-electron chi connectivity index (χ1n) is 10.2. The average Bonchev–Trinajstić information content (AvgIpc) is 3.34. The molecule has 3 aromatic rings. The number of para-hydroxylation sites is 1. The lowest BCUT2D eigenvalue weighted by Crippen LogP contribution is -2.24. The minimum Gasteiger partial charge on any atom is -0.454 e. The highest BCUT2D eigenvalue weighted by Crippen LogP contribution is 2.23. The zero-order valence-electron chi connectivity index (χ0n) is 17.5. The van der Waals surface area contributed by atoms with Crippen molar-refractivity contribution in [2.24, 2.45) is 0 Å². The molecule has 1 aromatic heterocycles. The summed E-state index contributed by atoms with van der Waals surface area (Å²) >= 11 is 0. The van der Waals surface area contributed by atoms with Crippen molar-refractivity contribution in [1.82, 2.24) is 9.78 Å². The molecule has 1 saturated heterocycles. The number of carbonyl (C=O) groups excluding carboxylic acids is 3. The van der Waals surface area contributed by atoms with Gasteiger partial charge in [0.15, 0.2) is 12.4 Å². The molecule has 0 bridgehead atoms. The maximum absolute atomic E-state index is 12.7. The quantitative estimate of drug-likeness (QED) is 0.452. The third-order valence-corrected chi connectivity index (χ3v) is 5.38. The second-order valence-electron chi connectivity index (χ2n) is 7.49. The maximum atomic E-state index is 12.7. The van der Waals surface area contributed by atoms with Crippen molar-refractivity contribution >= 4 is 23.3 Å². The summed E-state index contributed by atoms with van der Waals surface area (Å²) in [6, 6.07) is 16.4. The van der Waals surface area contributed by atoms with E-state index in [2.05, 4.69) is 5.10 Å². The molecule has 0 radical (unpaired) electrons. The highest BCUT2D eigenvalue weighted by molar-refractivity contribution is 6.02. The van der Waals surface area contributed by atoms with Crippen LogP contribution in [-0.4, -0.2) is 40.6 Å². The highest BCUT2D eigenvalue weighted by atomic mass is 16.5. The number of anilines is 1. The summed E-state index contributed by atoms with van der Waals surface area (Å²) in [7, 11) is 0. The first kappa shape index (κ1) is 20.5. The molecule has 1 fully saturated rings. The Balaban J connectivity index is 1.47. The molecule has 2 heterocycles. The van der Waals surface area contributed by atoms with E-state index in [0.29, 0.717) is 41.2 Å². The van der Waals surface area contributed by atoms with Crippen molar-refractivity contribution < 1.29 is 19.1 Å². The van der Waals surface area contributed by atoms with Gasteiger partial charge in [-0.2, -0.15) is 5.10 Å². The lowest BCUT2D eigenvalue weighted by molar-refractivity contribution is -0.117. The average molecular weight is 417 g/mol. The first-order valence-corrected chi connectivity index (χ1v) is 10.2. The van der Waals surface area contributed by atoms with Crippen LogP contribution in [0.5, 0.6) is 0 Å². The fraction of sp³-hybridized carbons (Fsp3) is 0.250. The standard InChI is InChI=1S/C24H23N3O4/c1-16-23(17(2)27(25-16)19-9-4-3-5-10-19)24(30)31-15-21(28)18-8-6-11-20(14-18)26-13-7-12-22(26)29/h3-6,8-11,14H,7,12-13,15H2,1-2H3. The normalized spacial score (nSPS) is 13.5. The van der Waals surface area contributed by atoms with Crippen molar-refractivity contribution in [3.63, 3.8) is 0 Å². The van der Waals surface area contributed by atoms with Gasteiger partial charge in [-0.05, 0) is 44.5 Å². The van der Waals surface area contributed by atoms with Gasteiger partial charge in [0, 0.05) is 24.2 Å². The minimum absolute atomic E-state index is 0.0532. The monoisotopic (exact) mass is 417 g/mol. The Hall–Kier alpha value is -3.74. The molecular formula is C24H23N3O4. The number of benzene rings is 2. The topological polar surface area (TPSA) is 81.5 Å². The van der Waals surface area contributed by atoms with Gasteiger partial charge in [0.05, 0.1) is 17.1 Å². The van der Waals surface area contributed by atoms with Crippen LogP contribution in [0.1, 0.15) is 44.9 Å². The third kappa shape index (κ3) is 4.12. The summed E-state index contributed by atoms with van der Waals surface area (Å²) in [5.41, 5.74) is 3.47. The molecule has 1 aliphatic rings. The summed E-state index contributed by atoms with van der Waals surface area (Å²) < 4.78 is 7.00. The predicted molar refractivity (Wildman–Crippen MR) is 116 cm³/mol. The Morgan fingerprint density at radius 1 is 1.03 bits per heavy atom. The first-order chi connectivity index (χ1) is 15.0. The van der Waals surface area contributed by atoms with Gasteiger partial charge in [0.2, 0.25) is 5.91 Å². The number of aromatic nitrogens is 2. The molecule has 31 heavy (non-hydrogen) atoms. The van der Waals surface area contributed by atoms with Gasteiger partial charge in [-0.25, -0.2) is 9.48 Å². The van der Waals surface area contributed by atoms with E-state index in [1.165, 1.54) is 0 Å². The lowest BCUT2D eigenvalue weighted by Gasteiger charge is -2.16. The van der Waals surface area contributed by atoms with Crippen molar-refractivity contribution in [1.29, 1.82) is 0 Å². The van der Waals surface area contributed by atoms with Crippen LogP contribution in [0.4, 0.5) is 5.69 Å². The number of aryl methyl sites for hydroxylation is 1. The van der Waals surface area contributed by atoms with Gasteiger partial charge in [-0.15, -0.1) is 0 Å². The van der Waals surface area contributed by atoms with Crippen LogP contribution in [0, 0.1) is 13.8 Å². The van der Waals surface area contributed by atoms with E-state index in [9.17, 15) is 14.4 Å². The van der Waals surface area contributed by atoms with Gasteiger partial charge < -0.3 is 9.64 Å². The van der Waals surface area contributed by atoms with Crippen LogP contribution < -0.4 is 4.90 Å². The largest absolute Gasteiger partial charge is 0.454 e. The van der Waals surface area contributed by atoms with Crippen molar-refractivity contribution in [2.45, 2.75) is 26.7 Å². The van der Waals surface area contributed by atoms with E-state index < -0.39 is 5.97 Å². The molecule has 0 aliphatic carbocycles. The Morgan fingerprint density at radius 3 is 2.48 bits per heavy atom. The third-order valence-electron chi connectivity index (χ3n) is 5.38. The Bertz CT molecular complexity index is 1150. The van der Waals surface area contributed by atoms with Gasteiger partial charge in [-0.3, -0.25) is 9.59 Å². The zero-order chi connectivity index (χ0) is 22.0. The summed E-state index contributed by atoms with van der Waals surface area (Å²) in [4.78, 5) is 39.0. The van der Waals surface area contributed by atoms with Crippen LogP contribution >= 0.6 is 0 Å². The Kier molecular flexibility index (Phi) is 5.66. The number of hydrogen-bond acceptors (Lipinski definition) is 5. The summed E-state index contributed by atoms with van der Waals surface area (Å²) in [6.45, 7) is 3.80. The number of rotatable bonds is 6. The van der Waals surface area contributed by atoms with Crippen LogP contribution in [0.2, 0.25) is 0 Å². The fourth-order valence-electron chi connectivity index (χ4n) is 3.81. The molecule has 158 valence electrons. The zero-order valence-corrected chi connectivity index (χ0v) is 17.5. The number of esters is 1. The van der Waals surface area contributed by atoms with E-state index in [0.717, 1.165) is 12.1 Å². The maximum Gasteiger partial charge on any atom is 0.342 e. The molecule has 0 saturated carbocycles. The molecule has 7 nitrogen and oxygen atoms in total. The van der Waals surface area contributed by atoms with E-state index in [-0.39, 0.29) is 18.3 Å². The van der Waals surface area contributed by atoms with E-state index >= 15 is 0 Å². The molecule has 2 aromatic carbocycles. The van der Waals surface area contributed by atoms with Gasteiger partial charge >= 0.3 is 5.97 Å². The van der Waals surface area contributed by atoms with Crippen molar-refractivity contribution in [2.75, 3.05) is 18.1 Å². The van der Waals surface area contributed by atoms with Crippen LogP contribution in [0.3, 0.4) is 0 Å². The van der Waals surface area contributed by atoms with Crippen molar-refractivity contribution in [3.8, 4) is 5.69 Å². The van der Waals surface area contributed by atoms with Gasteiger partial charge in [0.1, 0.15) is 5.56 Å². The smallest absolute Gasteiger partial charge is 0.342 e. The molecule has 0 spiro atoms. The highest BCUT2D eigenvalue weighted by Gasteiger charge is 2.24. The number of ether oxygens (including phenoxy) is 1. The van der Waals surface area contributed by atoms with Gasteiger partial charge in [-0.1, -0.05) is 30.3 Å². The van der Waals surface area contributed by atoms with Crippen molar-refractivity contribution in [3.05, 3.63) is 77.1 Å². The van der Waals surface area contributed by atoms with E-state index in [1.807, 2.05) is 30.3 Å². The van der Waals surface area contributed by atoms with E-state index in [4.69, 9.17) is 4.74 Å². The lowest BCUT2D eigenvalue weighted by atomic mass is 10.1. The molecule has 0 unspecified atom stereocenters. The fourth-order valence-corrected chi connectivity index (χ4v) is 3.81. The second-order valence-corrected chi connectivity index (χ2v) is 7.49. The predicted octanol–water partition coefficient (Wildman–Crippen LogP) is 3.66. The minimum atomic E-state index is -0.587. The number of carbonyl (C=O) groups is 3. The second kappa shape index (κ2) is 8.55. The Labute approximate surface area is 180 Å². The molecule has 0 N–H and O–H groups in total. The van der Waals surface area contributed by atoms with Crippen LogP contribution in [0.25, 0.3) is 5.69 Å². The number of nitrogens with zero attached hydrogens (tertiary/aromatic N) is 3. The summed E-state index contributed by atoms with van der Waals surface area (Å²) in [5.74, 6) is -0.860. The van der Waals surface area contributed by atoms with Crippen LogP contribution in [0.15, 0.2) is 54.6 Å². The number of hydrogen-bond donors (Lipinski definition) is 0. The van der Waals surface area contributed by atoms with E-state index in [1.54, 1.807) is 47.7 Å². The molecule has 0 atom stereocenters. The number of Topliss-reactive ketones (excluding diaryl/α,β-unsaturated/α-hetero) is 1. The summed E-state index contributed by atoms with van der Waals surface area (Å²) in [5, 5.41) is 4.44.